The van der Waals surface area contributed by atoms with Gasteiger partial charge >= 0.3 is 0 Å². The summed E-state index contributed by atoms with van der Waals surface area (Å²) in [4.78, 5) is 2.66. The van der Waals surface area contributed by atoms with E-state index in [1.165, 1.54) is 0 Å². The van der Waals surface area contributed by atoms with E-state index in [0.717, 1.165) is 38.2 Å². The summed E-state index contributed by atoms with van der Waals surface area (Å²) in [5.74, 6) is 1.69. The summed E-state index contributed by atoms with van der Waals surface area (Å²) in [5.41, 5.74) is -0.171. The molecular weight excluding hydrogens is 388 g/mol. The molecule has 158 valence electrons. The number of fused-ring (bicyclic) bond motifs is 1. The fraction of sp³-hybridized carbons (Fsp3) is 0.545. The standard InChI is InChI=1S/C22H30N2O4S/c1-18(2)14-24-16-22(9-11-23(12-10-22)15-19-6-5-13-27-19)17-28-20-7-3-4-8-21(20)29(24,25)26/h3-8,13,18H,9-12,14-17H2,1-2H3. The number of furan rings is 1. The Kier molecular flexibility index (Phi) is 5.73. The zero-order valence-corrected chi connectivity index (χ0v) is 18.0. The van der Waals surface area contributed by atoms with Gasteiger partial charge in [0.2, 0.25) is 10.0 Å². The van der Waals surface area contributed by atoms with E-state index in [0.29, 0.717) is 25.4 Å². The van der Waals surface area contributed by atoms with Crippen LogP contribution in [0.15, 0.2) is 52.0 Å². The molecule has 29 heavy (non-hydrogen) atoms. The summed E-state index contributed by atoms with van der Waals surface area (Å²) in [6.45, 7) is 8.31. The highest BCUT2D eigenvalue weighted by atomic mass is 32.2. The van der Waals surface area contributed by atoms with Crippen LogP contribution in [0.2, 0.25) is 0 Å². The Morgan fingerprint density at radius 2 is 1.86 bits per heavy atom. The molecule has 0 atom stereocenters. The van der Waals surface area contributed by atoms with Crippen LogP contribution < -0.4 is 4.74 Å². The topological polar surface area (TPSA) is 63.0 Å². The molecule has 7 heteroatoms. The zero-order valence-electron chi connectivity index (χ0n) is 17.2. The molecule has 4 rings (SSSR count). The van der Waals surface area contributed by atoms with Crippen molar-refractivity contribution >= 4 is 10.0 Å². The number of hydrogen-bond acceptors (Lipinski definition) is 5. The Morgan fingerprint density at radius 3 is 2.55 bits per heavy atom. The lowest BCUT2D eigenvalue weighted by molar-refractivity contribution is 0.0291. The highest BCUT2D eigenvalue weighted by Gasteiger charge is 2.43. The van der Waals surface area contributed by atoms with Crippen LogP contribution >= 0.6 is 0 Å². The Bertz CT molecular complexity index is 916. The van der Waals surface area contributed by atoms with E-state index in [1.54, 1.807) is 28.8 Å². The van der Waals surface area contributed by atoms with Crippen LogP contribution in [0.1, 0.15) is 32.4 Å². The van der Waals surface area contributed by atoms with Crippen LogP contribution in [0.5, 0.6) is 5.75 Å². The molecule has 0 radical (unpaired) electrons. The molecular formula is C22H30N2O4S. The molecule has 0 amide bonds. The first-order valence-electron chi connectivity index (χ1n) is 10.3. The molecule has 0 saturated carbocycles. The maximum atomic E-state index is 13.4. The zero-order chi connectivity index (χ0) is 20.5. The van der Waals surface area contributed by atoms with Crippen molar-refractivity contribution < 1.29 is 17.6 Å². The summed E-state index contributed by atoms with van der Waals surface area (Å²) in [7, 11) is -3.59. The molecule has 0 unspecified atom stereocenters. The van der Waals surface area contributed by atoms with Gasteiger partial charge in [0.05, 0.1) is 19.4 Å². The number of nitrogens with zero attached hydrogens (tertiary/aromatic N) is 2. The van der Waals surface area contributed by atoms with E-state index in [-0.39, 0.29) is 16.2 Å². The minimum absolute atomic E-state index is 0.171. The molecule has 0 N–H and O–H groups in total. The molecule has 1 saturated heterocycles. The number of piperidine rings is 1. The lowest BCUT2D eigenvalue weighted by Gasteiger charge is -2.45. The van der Waals surface area contributed by atoms with E-state index in [2.05, 4.69) is 18.7 Å². The van der Waals surface area contributed by atoms with Crippen LogP contribution in [0.4, 0.5) is 0 Å². The number of para-hydroxylation sites is 1. The minimum atomic E-state index is -3.59. The molecule has 6 nitrogen and oxygen atoms in total. The van der Waals surface area contributed by atoms with Crippen molar-refractivity contribution in [2.45, 2.75) is 38.1 Å². The van der Waals surface area contributed by atoms with Crippen molar-refractivity contribution in [1.82, 2.24) is 9.21 Å². The lowest BCUT2D eigenvalue weighted by atomic mass is 9.78. The summed E-state index contributed by atoms with van der Waals surface area (Å²) in [5, 5.41) is 0. The third kappa shape index (κ3) is 4.37. The summed E-state index contributed by atoms with van der Waals surface area (Å²) < 4.78 is 40.2. The van der Waals surface area contributed by atoms with Crippen LogP contribution in [0, 0.1) is 11.3 Å². The van der Waals surface area contributed by atoms with Gasteiger partial charge in [-0.3, -0.25) is 4.90 Å². The van der Waals surface area contributed by atoms with Gasteiger partial charge in [0.25, 0.3) is 0 Å². The first-order chi connectivity index (χ1) is 13.9. The molecule has 0 aliphatic carbocycles. The van der Waals surface area contributed by atoms with E-state index >= 15 is 0 Å². The Morgan fingerprint density at radius 1 is 1.10 bits per heavy atom. The van der Waals surface area contributed by atoms with Gasteiger partial charge in [-0.1, -0.05) is 26.0 Å². The molecule has 1 aromatic carbocycles. The second-order valence-electron chi connectivity index (χ2n) is 8.78. The number of rotatable bonds is 4. The van der Waals surface area contributed by atoms with Gasteiger partial charge in [-0.15, -0.1) is 0 Å². The Labute approximate surface area is 173 Å². The molecule has 1 fully saturated rings. The van der Waals surface area contributed by atoms with E-state index in [4.69, 9.17) is 9.15 Å². The predicted octanol–water partition coefficient (Wildman–Crippen LogP) is 3.60. The van der Waals surface area contributed by atoms with Gasteiger partial charge in [0, 0.05) is 18.5 Å². The number of ether oxygens (including phenoxy) is 1. The number of benzene rings is 1. The van der Waals surface area contributed by atoms with Crippen molar-refractivity contribution in [3.8, 4) is 5.75 Å². The van der Waals surface area contributed by atoms with Crippen LogP contribution in [0.3, 0.4) is 0 Å². The van der Waals surface area contributed by atoms with Crippen molar-refractivity contribution in [3.05, 3.63) is 48.4 Å². The van der Waals surface area contributed by atoms with Crippen LogP contribution in [0.25, 0.3) is 0 Å². The average molecular weight is 419 g/mol. The highest BCUT2D eigenvalue weighted by Crippen LogP contribution is 2.39. The number of likely N-dealkylation sites (tertiary alicyclic amines) is 1. The molecule has 2 aromatic rings. The Hall–Kier alpha value is -1.83. The van der Waals surface area contributed by atoms with Gasteiger partial charge in [-0.25, -0.2) is 8.42 Å². The SMILES string of the molecule is CC(C)CN1CC2(CCN(Cc3ccco3)CC2)COc2ccccc2S1(=O)=O. The average Bonchev–Trinajstić information content (AvgIpc) is 3.20. The monoisotopic (exact) mass is 418 g/mol. The van der Waals surface area contributed by atoms with E-state index in [1.807, 2.05) is 18.2 Å². The smallest absolute Gasteiger partial charge is 0.246 e. The van der Waals surface area contributed by atoms with E-state index < -0.39 is 10.0 Å². The minimum Gasteiger partial charge on any atom is -0.492 e. The largest absolute Gasteiger partial charge is 0.492 e. The van der Waals surface area contributed by atoms with Gasteiger partial charge in [0.15, 0.2) is 0 Å². The molecule has 3 heterocycles. The van der Waals surface area contributed by atoms with Crippen molar-refractivity contribution in [2.75, 3.05) is 32.8 Å². The second-order valence-corrected chi connectivity index (χ2v) is 10.7. The second kappa shape index (κ2) is 8.13. The fourth-order valence-electron chi connectivity index (χ4n) is 4.34. The van der Waals surface area contributed by atoms with E-state index in [9.17, 15) is 8.42 Å². The van der Waals surface area contributed by atoms with Crippen molar-refractivity contribution in [1.29, 1.82) is 0 Å². The molecule has 1 spiro atoms. The third-order valence-electron chi connectivity index (χ3n) is 5.96. The Balaban J connectivity index is 1.57. The molecule has 2 aliphatic heterocycles. The van der Waals surface area contributed by atoms with Gasteiger partial charge in [-0.2, -0.15) is 4.31 Å². The van der Waals surface area contributed by atoms with Crippen LogP contribution in [-0.2, 0) is 16.6 Å². The molecule has 2 aliphatic rings. The maximum Gasteiger partial charge on any atom is 0.246 e. The van der Waals surface area contributed by atoms with Crippen molar-refractivity contribution in [2.24, 2.45) is 11.3 Å². The first kappa shape index (κ1) is 20.4. The summed E-state index contributed by atoms with van der Waals surface area (Å²) in [6.07, 6.45) is 3.51. The highest BCUT2D eigenvalue weighted by molar-refractivity contribution is 7.89. The summed E-state index contributed by atoms with van der Waals surface area (Å²) in [6, 6.07) is 10.9. The molecule has 1 aromatic heterocycles. The maximum absolute atomic E-state index is 13.4. The van der Waals surface area contributed by atoms with Gasteiger partial charge in [0.1, 0.15) is 16.4 Å². The quantitative estimate of drug-likeness (QED) is 0.759. The lowest BCUT2D eigenvalue weighted by Crippen LogP contribution is -2.52. The van der Waals surface area contributed by atoms with Gasteiger partial charge in [-0.05, 0) is 56.1 Å². The number of sulfonamides is 1. The molecule has 0 bridgehead atoms. The number of hydrogen-bond donors (Lipinski definition) is 0. The van der Waals surface area contributed by atoms with Crippen LogP contribution in [-0.4, -0.2) is 50.4 Å². The fourth-order valence-corrected chi connectivity index (χ4v) is 6.19. The third-order valence-corrected chi connectivity index (χ3v) is 7.81. The first-order valence-corrected chi connectivity index (χ1v) is 11.8. The van der Waals surface area contributed by atoms with Crippen molar-refractivity contribution in [3.63, 3.8) is 0 Å². The predicted molar refractivity (Wildman–Crippen MR) is 111 cm³/mol. The normalized spacial score (nSPS) is 22.0. The van der Waals surface area contributed by atoms with Gasteiger partial charge < -0.3 is 9.15 Å². The summed E-state index contributed by atoms with van der Waals surface area (Å²) >= 11 is 0.